The highest BCUT2D eigenvalue weighted by molar-refractivity contribution is 4.92. The van der Waals surface area contributed by atoms with Gasteiger partial charge in [-0.15, -0.1) is 0 Å². The van der Waals surface area contributed by atoms with Crippen LogP contribution >= 0.6 is 0 Å². The second-order valence-electron chi connectivity index (χ2n) is 3.63. The minimum Gasteiger partial charge on any atom is -0.380 e. The molecule has 74 valence electrons. The van der Waals surface area contributed by atoms with E-state index in [9.17, 15) is 18.3 Å². The van der Waals surface area contributed by atoms with Gasteiger partial charge in [0.2, 0.25) is 0 Å². The van der Waals surface area contributed by atoms with Gasteiger partial charge in [-0.3, -0.25) is 0 Å². The van der Waals surface area contributed by atoms with Gasteiger partial charge in [-0.05, 0) is 11.8 Å². The lowest BCUT2D eigenvalue weighted by Crippen LogP contribution is -2.53. The minimum atomic E-state index is -4.55. The maximum atomic E-state index is 12.4. The molecular formula is C8H15F3O. The second-order valence-corrected chi connectivity index (χ2v) is 3.63. The third-order valence-corrected chi connectivity index (χ3v) is 2.21. The van der Waals surface area contributed by atoms with E-state index in [0.717, 1.165) is 0 Å². The molecule has 12 heavy (non-hydrogen) atoms. The Labute approximate surface area is 70.6 Å². The summed E-state index contributed by atoms with van der Waals surface area (Å²) in [5.41, 5.74) is -2.56. The number of rotatable bonds is 2. The number of hydrogen-bond acceptors (Lipinski definition) is 1. The summed E-state index contributed by atoms with van der Waals surface area (Å²) in [7, 11) is 0. The van der Waals surface area contributed by atoms with Crippen LogP contribution in [0.15, 0.2) is 0 Å². The number of hydrogen-bond donors (Lipinski definition) is 1. The summed E-state index contributed by atoms with van der Waals surface area (Å²) in [5, 5.41) is 9.38. The molecule has 1 nitrogen and oxygen atoms in total. The normalized spacial score (nSPS) is 14.5. The fraction of sp³-hybridized carbons (Fsp3) is 1.00. The molecule has 0 spiro atoms. The van der Waals surface area contributed by atoms with Gasteiger partial charge in [0, 0.05) is 0 Å². The second kappa shape index (κ2) is 3.24. The van der Waals surface area contributed by atoms with E-state index in [2.05, 4.69) is 0 Å². The fourth-order valence-corrected chi connectivity index (χ4v) is 1.32. The lowest BCUT2D eigenvalue weighted by molar-refractivity contribution is -0.291. The van der Waals surface area contributed by atoms with Gasteiger partial charge in [0.05, 0.1) is 0 Å². The summed E-state index contributed by atoms with van der Waals surface area (Å²) in [6.45, 7) is 5.47. The lowest BCUT2D eigenvalue weighted by Gasteiger charge is -2.37. The third-order valence-electron chi connectivity index (χ3n) is 2.21. The topological polar surface area (TPSA) is 20.2 Å². The Kier molecular flexibility index (Phi) is 3.18. The van der Waals surface area contributed by atoms with Crippen LogP contribution in [-0.2, 0) is 0 Å². The molecule has 0 fully saturated rings. The smallest absolute Gasteiger partial charge is 0.380 e. The van der Waals surface area contributed by atoms with Gasteiger partial charge in [-0.25, -0.2) is 0 Å². The van der Waals surface area contributed by atoms with Crippen LogP contribution in [-0.4, -0.2) is 16.9 Å². The van der Waals surface area contributed by atoms with Crippen molar-refractivity contribution in [3.05, 3.63) is 0 Å². The molecule has 0 aliphatic rings. The summed E-state index contributed by atoms with van der Waals surface area (Å²) < 4.78 is 37.1. The van der Waals surface area contributed by atoms with Crippen LogP contribution in [0.4, 0.5) is 13.2 Å². The molecular weight excluding hydrogens is 169 g/mol. The van der Waals surface area contributed by atoms with Crippen molar-refractivity contribution < 1.29 is 18.3 Å². The number of aliphatic hydroxyl groups is 1. The van der Waals surface area contributed by atoms with E-state index in [-0.39, 0.29) is 0 Å². The van der Waals surface area contributed by atoms with E-state index in [1.807, 2.05) is 0 Å². The Bertz CT molecular complexity index is 141. The standard InChI is InChI=1S/C8H15F3O/c1-5(2)7(12,6(3)4)8(9,10)11/h5-6,12H,1-4H3. The van der Waals surface area contributed by atoms with Gasteiger partial charge >= 0.3 is 6.18 Å². The Morgan fingerprint density at radius 1 is 0.917 bits per heavy atom. The first kappa shape index (κ1) is 11.8. The number of alkyl halides is 3. The third kappa shape index (κ3) is 1.73. The molecule has 0 aromatic heterocycles. The summed E-state index contributed by atoms with van der Waals surface area (Å²) in [4.78, 5) is 0. The van der Waals surface area contributed by atoms with E-state index < -0.39 is 23.6 Å². The maximum absolute atomic E-state index is 12.4. The van der Waals surface area contributed by atoms with Crippen molar-refractivity contribution >= 4 is 0 Å². The van der Waals surface area contributed by atoms with Gasteiger partial charge in [0.25, 0.3) is 0 Å². The van der Waals surface area contributed by atoms with Gasteiger partial charge < -0.3 is 5.11 Å². The van der Waals surface area contributed by atoms with Crippen molar-refractivity contribution in [1.82, 2.24) is 0 Å². The Balaban J connectivity index is 4.89. The molecule has 4 heteroatoms. The van der Waals surface area contributed by atoms with Crippen LogP contribution in [0.3, 0.4) is 0 Å². The van der Waals surface area contributed by atoms with E-state index >= 15 is 0 Å². The predicted octanol–water partition coefficient (Wildman–Crippen LogP) is 2.59. The largest absolute Gasteiger partial charge is 0.417 e. The van der Waals surface area contributed by atoms with Crippen molar-refractivity contribution in [2.75, 3.05) is 0 Å². The van der Waals surface area contributed by atoms with Gasteiger partial charge in [-0.1, -0.05) is 27.7 Å². The zero-order valence-electron chi connectivity index (χ0n) is 7.74. The molecule has 0 atom stereocenters. The zero-order valence-corrected chi connectivity index (χ0v) is 7.74. The highest BCUT2D eigenvalue weighted by Gasteiger charge is 2.57. The van der Waals surface area contributed by atoms with Crippen LogP contribution in [0, 0.1) is 11.8 Å². The molecule has 0 saturated carbocycles. The average Bonchev–Trinajstić information content (AvgIpc) is 1.82. The summed E-state index contributed by atoms with van der Waals surface area (Å²) in [6.07, 6.45) is -4.55. The first-order chi connectivity index (χ1) is 5.14. The molecule has 0 radical (unpaired) electrons. The number of halogens is 3. The average molecular weight is 184 g/mol. The summed E-state index contributed by atoms with van der Waals surface area (Å²) in [6, 6.07) is 0. The van der Waals surface area contributed by atoms with Crippen LogP contribution in [0.1, 0.15) is 27.7 Å². The van der Waals surface area contributed by atoms with Crippen LogP contribution < -0.4 is 0 Å². The molecule has 0 unspecified atom stereocenters. The Hall–Kier alpha value is -0.250. The minimum absolute atomic E-state index is 0.822. The molecule has 0 aromatic rings. The van der Waals surface area contributed by atoms with E-state index in [4.69, 9.17) is 0 Å². The Morgan fingerprint density at radius 2 is 1.17 bits per heavy atom. The van der Waals surface area contributed by atoms with E-state index in [1.54, 1.807) is 0 Å². The predicted molar refractivity (Wildman–Crippen MR) is 40.7 cm³/mol. The SMILES string of the molecule is CC(C)C(O)(C(C)C)C(F)(F)F. The highest BCUT2D eigenvalue weighted by atomic mass is 19.4. The first-order valence-electron chi connectivity index (χ1n) is 3.93. The van der Waals surface area contributed by atoms with Gasteiger partial charge in [0.1, 0.15) is 0 Å². The molecule has 0 amide bonds. The molecule has 0 saturated heterocycles. The van der Waals surface area contributed by atoms with Crippen LogP contribution in [0.2, 0.25) is 0 Å². The molecule has 1 N–H and O–H groups in total. The summed E-state index contributed by atoms with van der Waals surface area (Å²) >= 11 is 0. The van der Waals surface area contributed by atoms with E-state index in [0.29, 0.717) is 0 Å². The van der Waals surface area contributed by atoms with E-state index in [1.165, 1.54) is 27.7 Å². The van der Waals surface area contributed by atoms with Gasteiger partial charge in [-0.2, -0.15) is 13.2 Å². The molecule has 0 rings (SSSR count). The van der Waals surface area contributed by atoms with Crippen molar-refractivity contribution in [3.63, 3.8) is 0 Å². The molecule has 0 heterocycles. The van der Waals surface area contributed by atoms with Crippen LogP contribution in [0.5, 0.6) is 0 Å². The molecule has 0 aliphatic carbocycles. The fourth-order valence-electron chi connectivity index (χ4n) is 1.32. The van der Waals surface area contributed by atoms with Gasteiger partial charge in [0.15, 0.2) is 5.60 Å². The zero-order chi connectivity index (χ0) is 10.2. The quantitative estimate of drug-likeness (QED) is 0.699. The van der Waals surface area contributed by atoms with Crippen molar-refractivity contribution in [2.24, 2.45) is 11.8 Å². The Morgan fingerprint density at radius 3 is 1.17 bits per heavy atom. The lowest BCUT2D eigenvalue weighted by atomic mass is 9.80. The van der Waals surface area contributed by atoms with Crippen molar-refractivity contribution in [3.8, 4) is 0 Å². The van der Waals surface area contributed by atoms with Crippen molar-refractivity contribution in [1.29, 1.82) is 0 Å². The van der Waals surface area contributed by atoms with Crippen LogP contribution in [0.25, 0.3) is 0 Å². The summed E-state index contributed by atoms with van der Waals surface area (Å²) in [5.74, 6) is -1.64. The maximum Gasteiger partial charge on any atom is 0.417 e. The van der Waals surface area contributed by atoms with Crippen molar-refractivity contribution in [2.45, 2.75) is 39.5 Å². The first-order valence-corrected chi connectivity index (χ1v) is 3.93. The highest BCUT2D eigenvalue weighted by Crippen LogP contribution is 2.41. The monoisotopic (exact) mass is 184 g/mol. The molecule has 0 aliphatic heterocycles. The molecule has 0 aromatic carbocycles. The molecule has 0 bridgehead atoms.